The number of pyridine rings is 2. The molecule has 124 valence electrons. The standard InChI is InChI=1S/C13H15N2.F6P/c1-2-9-15-10-5-13(6-11-15)12-3-7-14-8-4-12;1-7(2,3,4,5)6/h3-8,10-11H,2,9H2,1H3;/q+1;-1. The van der Waals surface area contributed by atoms with Gasteiger partial charge in [-0.1, -0.05) is 6.92 Å². The van der Waals surface area contributed by atoms with Crippen molar-refractivity contribution in [2.45, 2.75) is 19.9 Å². The van der Waals surface area contributed by atoms with Crippen LogP contribution in [0.1, 0.15) is 13.3 Å². The van der Waals surface area contributed by atoms with Gasteiger partial charge in [-0.2, -0.15) is 0 Å². The summed E-state index contributed by atoms with van der Waals surface area (Å²) in [5.41, 5.74) is 2.46. The maximum absolute atomic E-state index is 10.7. The van der Waals surface area contributed by atoms with E-state index in [1.54, 1.807) is 0 Å². The third kappa shape index (κ3) is 10.1. The van der Waals surface area contributed by atoms with Crippen LogP contribution in [0.15, 0.2) is 49.1 Å². The van der Waals surface area contributed by atoms with Crippen molar-refractivity contribution in [1.82, 2.24) is 4.98 Å². The first-order valence-electron chi connectivity index (χ1n) is 6.31. The van der Waals surface area contributed by atoms with Gasteiger partial charge in [-0.15, -0.1) is 0 Å². The van der Waals surface area contributed by atoms with Crippen molar-refractivity contribution in [3.05, 3.63) is 49.1 Å². The normalized spacial score (nSPS) is 14.3. The van der Waals surface area contributed by atoms with Crippen molar-refractivity contribution in [1.29, 1.82) is 0 Å². The fraction of sp³-hybridized carbons (Fsp3) is 0.231. The van der Waals surface area contributed by atoms with Crippen LogP contribution in [0.5, 0.6) is 0 Å². The molecule has 0 amide bonds. The Bertz CT molecular complexity index is 584. The van der Waals surface area contributed by atoms with E-state index in [0.29, 0.717) is 0 Å². The van der Waals surface area contributed by atoms with Gasteiger partial charge in [0, 0.05) is 30.9 Å². The number of halogens is 6. The molecule has 0 atom stereocenters. The van der Waals surface area contributed by atoms with Crippen molar-refractivity contribution in [3.8, 4) is 11.1 Å². The Labute approximate surface area is 123 Å². The van der Waals surface area contributed by atoms with Gasteiger partial charge in [0.1, 0.15) is 6.54 Å². The molecule has 9 heteroatoms. The molecule has 0 radical (unpaired) electrons. The second-order valence-corrected chi connectivity index (χ2v) is 6.44. The molecule has 0 spiro atoms. The van der Waals surface area contributed by atoms with Gasteiger partial charge in [0.15, 0.2) is 12.4 Å². The molecule has 0 saturated carbocycles. The summed E-state index contributed by atoms with van der Waals surface area (Å²) in [6, 6.07) is 8.34. The molecule has 2 rings (SSSR count). The molecular weight excluding hydrogens is 329 g/mol. The average molecular weight is 344 g/mol. The van der Waals surface area contributed by atoms with Gasteiger partial charge in [0.05, 0.1) is 0 Å². The van der Waals surface area contributed by atoms with Gasteiger partial charge in [-0.3, -0.25) is 4.98 Å². The number of aromatic nitrogens is 2. The zero-order valence-electron chi connectivity index (χ0n) is 11.6. The summed E-state index contributed by atoms with van der Waals surface area (Å²) in [4.78, 5) is 4.01. The van der Waals surface area contributed by atoms with Crippen LogP contribution >= 0.6 is 7.81 Å². The number of aryl methyl sites for hydroxylation is 1. The van der Waals surface area contributed by atoms with Crippen molar-refractivity contribution in [2.75, 3.05) is 0 Å². The fourth-order valence-electron chi connectivity index (χ4n) is 1.60. The zero-order chi connectivity index (χ0) is 16.9. The average Bonchev–Trinajstić information content (AvgIpc) is 2.37. The SMILES string of the molecule is CCC[n+]1ccc(-c2ccncc2)cc1.F[P-](F)(F)(F)(F)F. The first-order valence-corrected chi connectivity index (χ1v) is 8.34. The van der Waals surface area contributed by atoms with Gasteiger partial charge < -0.3 is 0 Å². The van der Waals surface area contributed by atoms with E-state index in [1.807, 2.05) is 24.5 Å². The molecule has 0 bridgehead atoms. The number of hydrogen-bond acceptors (Lipinski definition) is 1. The fourth-order valence-corrected chi connectivity index (χ4v) is 1.60. The van der Waals surface area contributed by atoms with Crippen LogP contribution in [-0.2, 0) is 6.54 Å². The summed E-state index contributed by atoms with van der Waals surface area (Å²) in [5, 5.41) is 0. The molecule has 0 N–H and O–H groups in total. The Hall–Kier alpha value is -1.69. The van der Waals surface area contributed by atoms with E-state index in [2.05, 4.69) is 41.0 Å². The van der Waals surface area contributed by atoms with Crippen LogP contribution in [0.4, 0.5) is 25.2 Å². The number of rotatable bonds is 3. The third-order valence-corrected chi connectivity index (χ3v) is 2.39. The van der Waals surface area contributed by atoms with Crippen LogP contribution in [0.2, 0.25) is 0 Å². The number of hydrogen-bond donors (Lipinski definition) is 0. The molecule has 2 aromatic rings. The Balaban J connectivity index is 0.000000295. The van der Waals surface area contributed by atoms with Crippen LogP contribution in [0.25, 0.3) is 11.1 Å². The Morgan fingerprint density at radius 1 is 0.864 bits per heavy atom. The molecule has 2 aromatic heterocycles. The monoisotopic (exact) mass is 344 g/mol. The zero-order valence-corrected chi connectivity index (χ0v) is 12.5. The molecule has 0 saturated heterocycles. The van der Waals surface area contributed by atoms with Crippen LogP contribution in [-0.4, -0.2) is 4.98 Å². The van der Waals surface area contributed by atoms with Crippen LogP contribution < -0.4 is 4.57 Å². The predicted octanol–water partition coefficient (Wildman–Crippen LogP) is 5.83. The Kier molecular flexibility index (Phi) is 4.87. The first kappa shape index (κ1) is 18.4. The van der Waals surface area contributed by atoms with Crippen LogP contribution in [0.3, 0.4) is 0 Å². The van der Waals surface area contributed by atoms with E-state index >= 15 is 0 Å². The molecule has 0 unspecified atom stereocenters. The van der Waals surface area contributed by atoms with Gasteiger partial charge in [-0.05, 0) is 23.3 Å². The molecule has 0 aliphatic rings. The van der Waals surface area contributed by atoms with E-state index in [0.717, 1.165) is 6.54 Å². The van der Waals surface area contributed by atoms with Gasteiger partial charge >= 0.3 is 33.0 Å². The summed E-state index contributed by atoms with van der Waals surface area (Å²) in [6.45, 7) is 3.26. The minimum atomic E-state index is -10.7. The first-order chi connectivity index (χ1) is 9.85. The molecule has 22 heavy (non-hydrogen) atoms. The number of nitrogens with zero attached hydrogens (tertiary/aromatic N) is 2. The molecule has 0 fully saturated rings. The maximum atomic E-state index is 9.87. The summed E-state index contributed by atoms with van der Waals surface area (Å²) in [7, 11) is -10.7. The summed E-state index contributed by atoms with van der Waals surface area (Å²) in [5.74, 6) is 0. The second-order valence-electron chi connectivity index (χ2n) is 4.52. The van der Waals surface area contributed by atoms with Crippen molar-refractivity contribution >= 4 is 7.81 Å². The minimum absolute atomic E-state index is 1.08. The van der Waals surface area contributed by atoms with Gasteiger partial charge in [-0.25, -0.2) is 4.57 Å². The summed E-state index contributed by atoms with van der Waals surface area (Å²) >= 11 is 0. The molecule has 2 heterocycles. The van der Waals surface area contributed by atoms with E-state index in [1.165, 1.54) is 17.5 Å². The quantitative estimate of drug-likeness (QED) is 0.389. The topological polar surface area (TPSA) is 16.8 Å². The van der Waals surface area contributed by atoms with Crippen molar-refractivity contribution in [2.24, 2.45) is 0 Å². The van der Waals surface area contributed by atoms with E-state index < -0.39 is 7.81 Å². The van der Waals surface area contributed by atoms with E-state index in [-0.39, 0.29) is 0 Å². The van der Waals surface area contributed by atoms with Gasteiger partial charge in [0.2, 0.25) is 0 Å². The van der Waals surface area contributed by atoms with Crippen molar-refractivity contribution < 1.29 is 29.7 Å². The molecular formula is C13H15F6N2P. The second kappa shape index (κ2) is 5.83. The predicted molar refractivity (Wildman–Crippen MR) is 73.7 cm³/mol. The molecule has 2 nitrogen and oxygen atoms in total. The van der Waals surface area contributed by atoms with E-state index in [9.17, 15) is 25.2 Å². The van der Waals surface area contributed by atoms with E-state index in [4.69, 9.17) is 0 Å². The van der Waals surface area contributed by atoms with Gasteiger partial charge in [0.25, 0.3) is 0 Å². The Morgan fingerprint density at radius 3 is 1.68 bits per heavy atom. The Morgan fingerprint density at radius 2 is 1.27 bits per heavy atom. The third-order valence-electron chi connectivity index (χ3n) is 2.39. The molecule has 0 aromatic carbocycles. The van der Waals surface area contributed by atoms with Crippen LogP contribution in [0, 0.1) is 0 Å². The summed E-state index contributed by atoms with van der Waals surface area (Å²) in [6.07, 6.45) is 9.06. The summed E-state index contributed by atoms with van der Waals surface area (Å²) < 4.78 is 61.4. The van der Waals surface area contributed by atoms with Crippen molar-refractivity contribution in [3.63, 3.8) is 0 Å². The molecule has 0 aliphatic heterocycles. The molecule has 0 aliphatic carbocycles.